The highest BCUT2D eigenvalue weighted by molar-refractivity contribution is 7.80. The van der Waals surface area contributed by atoms with Crippen LogP contribution in [0.2, 0.25) is 0 Å². The fraction of sp³-hybridized carbons (Fsp3) is 1.00. The first kappa shape index (κ1) is 7.38. The summed E-state index contributed by atoms with van der Waals surface area (Å²) in [5, 5.41) is 2.27. The molecule has 1 heterocycles. The van der Waals surface area contributed by atoms with E-state index in [1.54, 1.807) is 0 Å². The number of thiol groups is 1. The van der Waals surface area contributed by atoms with E-state index in [-0.39, 0.29) is 0 Å². The quantitative estimate of drug-likeness (QED) is 0.564. The Labute approximate surface area is 62.0 Å². The molecule has 0 spiro atoms. The van der Waals surface area contributed by atoms with Crippen LogP contribution < -0.4 is 5.43 Å². The summed E-state index contributed by atoms with van der Waals surface area (Å²) in [6.07, 6.45) is 2.69. The van der Waals surface area contributed by atoms with Gasteiger partial charge >= 0.3 is 0 Å². The van der Waals surface area contributed by atoms with Gasteiger partial charge in [0.2, 0.25) is 0 Å². The first-order valence-electron chi connectivity index (χ1n) is 3.53. The molecule has 54 valence electrons. The molecule has 2 nitrogen and oxygen atoms in total. The lowest BCUT2D eigenvalue weighted by Crippen LogP contribution is -2.36. The molecule has 0 radical (unpaired) electrons. The molecule has 1 rings (SSSR count). The summed E-state index contributed by atoms with van der Waals surface area (Å²) in [6, 6.07) is 0. The average molecular weight is 146 g/mol. The van der Waals surface area contributed by atoms with Crippen LogP contribution in [0.3, 0.4) is 0 Å². The van der Waals surface area contributed by atoms with Gasteiger partial charge in [-0.2, -0.15) is 12.6 Å². The summed E-state index contributed by atoms with van der Waals surface area (Å²) in [4.78, 5) is 0. The lowest BCUT2D eigenvalue weighted by atomic mass is 10.4. The van der Waals surface area contributed by atoms with Crippen molar-refractivity contribution < 1.29 is 0 Å². The molecule has 0 saturated carbocycles. The topological polar surface area (TPSA) is 15.3 Å². The summed E-state index contributed by atoms with van der Waals surface area (Å²) < 4.78 is 0. The Bertz CT molecular complexity index is 71.5. The molecular formula is C6H14N2S. The van der Waals surface area contributed by atoms with Crippen LogP contribution in [0, 0.1) is 0 Å². The third-order valence-electron chi connectivity index (χ3n) is 1.55. The smallest absolute Gasteiger partial charge is 0.0191 e. The third-order valence-corrected chi connectivity index (χ3v) is 1.78. The van der Waals surface area contributed by atoms with Crippen molar-refractivity contribution >= 4 is 12.6 Å². The lowest BCUT2D eigenvalue weighted by molar-refractivity contribution is 0.244. The zero-order valence-electron chi connectivity index (χ0n) is 5.64. The van der Waals surface area contributed by atoms with Gasteiger partial charge in [0.25, 0.3) is 0 Å². The van der Waals surface area contributed by atoms with Crippen molar-refractivity contribution in [1.29, 1.82) is 0 Å². The second kappa shape index (κ2) is 4.14. The van der Waals surface area contributed by atoms with Crippen molar-refractivity contribution in [3.63, 3.8) is 0 Å². The van der Waals surface area contributed by atoms with E-state index in [1.807, 2.05) is 0 Å². The highest BCUT2D eigenvalue weighted by Crippen LogP contribution is 2.02. The van der Waals surface area contributed by atoms with Gasteiger partial charge in [-0.15, -0.1) is 0 Å². The molecule has 0 aliphatic carbocycles. The molecule has 0 aromatic heterocycles. The molecule has 1 saturated heterocycles. The van der Waals surface area contributed by atoms with Gasteiger partial charge in [0, 0.05) is 25.4 Å². The highest BCUT2D eigenvalue weighted by Gasteiger charge is 2.08. The number of hydrazine groups is 1. The SMILES string of the molecule is SCCNN1CCCC1. The molecule has 1 N–H and O–H groups in total. The fourth-order valence-corrected chi connectivity index (χ4v) is 1.18. The standard InChI is InChI=1S/C6H14N2S/c9-6-3-7-8-4-1-2-5-8/h7,9H,1-6H2. The van der Waals surface area contributed by atoms with Gasteiger partial charge in [-0.05, 0) is 12.8 Å². The molecule has 0 amide bonds. The van der Waals surface area contributed by atoms with Crippen LogP contribution in [-0.4, -0.2) is 30.4 Å². The van der Waals surface area contributed by atoms with Crippen LogP contribution in [0.15, 0.2) is 0 Å². The molecule has 0 atom stereocenters. The van der Waals surface area contributed by atoms with E-state index >= 15 is 0 Å². The second-order valence-electron chi connectivity index (χ2n) is 2.33. The Morgan fingerprint density at radius 3 is 2.56 bits per heavy atom. The minimum atomic E-state index is 0.927. The summed E-state index contributed by atoms with van der Waals surface area (Å²) >= 11 is 4.10. The van der Waals surface area contributed by atoms with Gasteiger partial charge in [-0.1, -0.05) is 0 Å². The molecule has 1 fully saturated rings. The van der Waals surface area contributed by atoms with Crippen molar-refractivity contribution in [2.24, 2.45) is 0 Å². The van der Waals surface area contributed by atoms with Gasteiger partial charge in [-0.3, -0.25) is 5.43 Å². The van der Waals surface area contributed by atoms with E-state index in [0.29, 0.717) is 0 Å². The lowest BCUT2D eigenvalue weighted by Gasteiger charge is -2.14. The van der Waals surface area contributed by atoms with Gasteiger partial charge in [0.15, 0.2) is 0 Å². The van der Waals surface area contributed by atoms with Gasteiger partial charge in [0.1, 0.15) is 0 Å². The minimum absolute atomic E-state index is 0.927. The average Bonchev–Trinajstić information content (AvgIpc) is 2.34. The van der Waals surface area contributed by atoms with E-state index in [4.69, 9.17) is 0 Å². The fourth-order valence-electron chi connectivity index (χ4n) is 1.08. The summed E-state index contributed by atoms with van der Waals surface area (Å²) in [7, 11) is 0. The zero-order chi connectivity index (χ0) is 6.53. The number of nitrogens with zero attached hydrogens (tertiary/aromatic N) is 1. The van der Waals surface area contributed by atoms with E-state index < -0.39 is 0 Å². The maximum atomic E-state index is 4.10. The molecular weight excluding hydrogens is 132 g/mol. The molecule has 1 aliphatic rings. The van der Waals surface area contributed by atoms with E-state index in [2.05, 4.69) is 23.1 Å². The van der Waals surface area contributed by atoms with Crippen LogP contribution in [-0.2, 0) is 0 Å². The normalized spacial score (nSPS) is 21.0. The molecule has 0 aromatic rings. The summed E-state index contributed by atoms with van der Waals surface area (Å²) in [5.74, 6) is 0.927. The van der Waals surface area contributed by atoms with Gasteiger partial charge < -0.3 is 0 Å². The predicted molar refractivity (Wildman–Crippen MR) is 42.7 cm³/mol. The first-order chi connectivity index (χ1) is 4.43. The maximum absolute atomic E-state index is 4.10. The third kappa shape index (κ3) is 2.56. The molecule has 0 aromatic carbocycles. The molecule has 3 heteroatoms. The summed E-state index contributed by atoms with van der Waals surface area (Å²) in [6.45, 7) is 3.44. The minimum Gasteiger partial charge on any atom is -0.254 e. The van der Waals surface area contributed by atoms with E-state index in [0.717, 1.165) is 12.3 Å². The number of nitrogens with one attached hydrogen (secondary N) is 1. The second-order valence-corrected chi connectivity index (χ2v) is 2.77. The Hall–Kier alpha value is 0.270. The van der Waals surface area contributed by atoms with Crippen molar-refractivity contribution in [3.05, 3.63) is 0 Å². The van der Waals surface area contributed by atoms with E-state index in [9.17, 15) is 0 Å². The van der Waals surface area contributed by atoms with Crippen LogP contribution in [0.5, 0.6) is 0 Å². The predicted octanol–water partition coefficient (Wildman–Crippen LogP) is 0.517. The van der Waals surface area contributed by atoms with Gasteiger partial charge in [-0.25, -0.2) is 5.01 Å². The van der Waals surface area contributed by atoms with Gasteiger partial charge in [0.05, 0.1) is 0 Å². The van der Waals surface area contributed by atoms with Crippen molar-refractivity contribution in [3.8, 4) is 0 Å². The van der Waals surface area contributed by atoms with Crippen molar-refractivity contribution in [2.45, 2.75) is 12.8 Å². The van der Waals surface area contributed by atoms with Crippen molar-refractivity contribution in [1.82, 2.24) is 10.4 Å². The van der Waals surface area contributed by atoms with Crippen LogP contribution in [0.1, 0.15) is 12.8 Å². The highest BCUT2D eigenvalue weighted by atomic mass is 32.1. The Morgan fingerprint density at radius 2 is 2.00 bits per heavy atom. The zero-order valence-corrected chi connectivity index (χ0v) is 6.53. The van der Waals surface area contributed by atoms with E-state index in [1.165, 1.54) is 25.9 Å². The summed E-state index contributed by atoms with van der Waals surface area (Å²) in [5.41, 5.74) is 3.29. The largest absolute Gasteiger partial charge is 0.254 e. The maximum Gasteiger partial charge on any atom is 0.0191 e. The number of hydrogen-bond acceptors (Lipinski definition) is 3. The number of hydrogen-bond donors (Lipinski definition) is 2. The molecule has 0 bridgehead atoms. The molecule has 1 aliphatic heterocycles. The monoisotopic (exact) mass is 146 g/mol. The van der Waals surface area contributed by atoms with Crippen LogP contribution in [0.4, 0.5) is 0 Å². The van der Waals surface area contributed by atoms with Crippen LogP contribution in [0.25, 0.3) is 0 Å². The first-order valence-corrected chi connectivity index (χ1v) is 4.16. The van der Waals surface area contributed by atoms with Crippen molar-refractivity contribution in [2.75, 3.05) is 25.4 Å². The Kier molecular flexibility index (Phi) is 3.40. The Morgan fingerprint density at radius 1 is 1.33 bits per heavy atom. The number of rotatable bonds is 3. The van der Waals surface area contributed by atoms with Crippen LogP contribution >= 0.6 is 12.6 Å². The molecule has 0 unspecified atom stereocenters. The Balaban J connectivity index is 1.98. The molecule has 9 heavy (non-hydrogen) atoms.